The Labute approximate surface area is 128 Å². The highest BCUT2D eigenvalue weighted by Gasteiger charge is 2.09. The van der Waals surface area contributed by atoms with Crippen molar-refractivity contribution in [3.8, 4) is 11.5 Å². The molecule has 0 radical (unpaired) electrons. The van der Waals surface area contributed by atoms with Crippen LogP contribution in [0.4, 0.5) is 4.39 Å². The maximum absolute atomic E-state index is 13.2. The highest BCUT2D eigenvalue weighted by Crippen LogP contribution is 2.26. The lowest BCUT2D eigenvalue weighted by molar-refractivity contribution is 0.202. The number of ether oxygens (including phenoxy) is 2. The maximum Gasteiger partial charge on any atom is 0.137 e. The molecule has 0 spiro atoms. The molecule has 0 heterocycles. The zero-order chi connectivity index (χ0) is 15.2. The van der Waals surface area contributed by atoms with Crippen LogP contribution in [0.1, 0.15) is 11.1 Å². The van der Waals surface area contributed by atoms with Crippen molar-refractivity contribution in [2.45, 2.75) is 6.42 Å². The summed E-state index contributed by atoms with van der Waals surface area (Å²) in [4.78, 5) is 0.0983. The van der Waals surface area contributed by atoms with Gasteiger partial charge in [0.1, 0.15) is 22.3 Å². The third kappa shape index (κ3) is 4.24. The first-order chi connectivity index (χ1) is 10.1. The number of hydrogen-bond donors (Lipinski definition) is 1. The van der Waals surface area contributed by atoms with Crippen molar-refractivity contribution in [1.29, 1.82) is 0 Å². The summed E-state index contributed by atoms with van der Waals surface area (Å²) < 4.78 is 24.0. The lowest BCUT2D eigenvalue weighted by Crippen LogP contribution is -2.11. The van der Waals surface area contributed by atoms with Crippen LogP contribution in [0.3, 0.4) is 0 Å². The van der Waals surface area contributed by atoms with Gasteiger partial charge in [0.15, 0.2) is 0 Å². The number of hydrogen-bond acceptors (Lipinski definition) is 3. The summed E-state index contributed by atoms with van der Waals surface area (Å²) in [5.41, 5.74) is 7.12. The number of methoxy groups -OCH3 is 1. The van der Waals surface area contributed by atoms with E-state index >= 15 is 0 Å². The van der Waals surface area contributed by atoms with Gasteiger partial charge < -0.3 is 15.2 Å². The summed E-state index contributed by atoms with van der Waals surface area (Å²) in [6, 6.07) is 11.7. The van der Waals surface area contributed by atoms with E-state index in [0.29, 0.717) is 23.7 Å². The maximum atomic E-state index is 13.2. The summed E-state index contributed by atoms with van der Waals surface area (Å²) >= 11 is 4.91. The molecule has 0 saturated heterocycles. The molecule has 2 aromatic rings. The first-order valence-electron chi connectivity index (χ1n) is 6.45. The SMILES string of the molecule is COCCc1ccc(Oc2ccc(F)cc2C(N)=S)cc1. The molecule has 0 amide bonds. The van der Waals surface area contributed by atoms with Gasteiger partial charge in [0.05, 0.1) is 12.2 Å². The summed E-state index contributed by atoms with van der Waals surface area (Å²) in [5, 5.41) is 0. The van der Waals surface area contributed by atoms with E-state index in [0.717, 1.165) is 12.0 Å². The Morgan fingerprint density at radius 3 is 2.52 bits per heavy atom. The number of halogens is 1. The Kier molecular flexibility index (Phi) is 5.25. The van der Waals surface area contributed by atoms with Gasteiger partial charge in [-0.25, -0.2) is 4.39 Å². The van der Waals surface area contributed by atoms with E-state index in [1.54, 1.807) is 7.11 Å². The van der Waals surface area contributed by atoms with Crippen molar-refractivity contribution in [3.05, 3.63) is 59.4 Å². The lowest BCUT2D eigenvalue weighted by Gasteiger charge is -2.11. The monoisotopic (exact) mass is 305 g/mol. The average Bonchev–Trinajstić information content (AvgIpc) is 2.48. The van der Waals surface area contributed by atoms with E-state index in [-0.39, 0.29) is 4.99 Å². The molecule has 0 aromatic heterocycles. The van der Waals surface area contributed by atoms with E-state index in [4.69, 9.17) is 27.4 Å². The van der Waals surface area contributed by atoms with E-state index < -0.39 is 5.82 Å². The molecule has 3 nitrogen and oxygen atoms in total. The second kappa shape index (κ2) is 7.15. The Hall–Kier alpha value is -1.98. The van der Waals surface area contributed by atoms with Crippen molar-refractivity contribution >= 4 is 17.2 Å². The molecule has 0 unspecified atom stereocenters. The molecule has 0 atom stereocenters. The van der Waals surface area contributed by atoms with Gasteiger partial charge in [-0.05, 0) is 42.3 Å². The Morgan fingerprint density at radius 1 is 1.19 bits per heavy atom. The molecule has 2 N–H and O–H groups in total. The smallest absolute Gasteiger partial charge is 0.137 e. The van der Waals surface area contributed by atoms with Crippen LogP contribution >= 0.6 is 12.2 Å². The van der Waals surface area contributed by atoms with Gasteiger partial charge in [-0.2, -0.15) is 0 Å². The van der Waals surface area contributed by atoms with Gasteiger partial charge in [-0.1, -0.05) is 24.4 Å². The normalized spacial score (nSPS) is 10.4. The van der Waals surface area contributed by atoms with Crippen LogP contribution in [0.2, 0.25) is 0 Å². The highest BCUT2D eigenvalue weighted by atomic mass is 32.1. The van der Waals surface area contributed by atoms with Gasteiger partial charge in [0.25, 0.3) is 0 Å². The number of rotatable bonds is 6. The van der Waals surface area contributed by atoms with Crippen molar-refractivity contribution in [2.75, 3.05) is 13.7 Å². The quantitative estimate of drug-likeness (QED) is 0.830. The van der Waals surface area contributed by atoms with Crippen LogP contribution < -0.4 is 10.5 Å². The van der Waals surface area contributed by atoms with Gasteiger partial charge in [-0.15, -0.1) is 0 Å². The molecule has 5 heteroatoms. The van der Waals surface area contributed by atoms with Crippen molar-refractivity contribution < 1.29 is 13.9 Å². The fraction of sp³-hybridized carbons (Fsp3) is 0.188. The molecule has 0 aliphatic heterocycles. The standard InChI is InChI=1S/C16H16FNO2S/c1-19-9-8-11-2-5-13(6-3-11)20-15-7-4-12(17)10-14(15)16(18)21/h2-7,10H,8-9H2,1H3,(H2,18,21). The third-order valence-corrected chi connectivity index (χ3v) is 3.17. The lowest BCUT2D eigenvalue weighted by atomic mass is 10.1. The highest BCUT2D eigenvalue weighted by molar-refractivity contribution is 7.80. The van der Waals surface area contributed by atoms with Crippen molar-refractivity contribution in [2.24, 2.45) is 5.73 Å². The molecular formula is C16H16FNO2S. The first-order valence-corrected chi connectivity index (χ1v) is 6.86. The third-order valence-electron chi connectivity index (χ3n) is 2.95. The number of benzene rings is 2. The molecular weight excluding hydrogens is 289 g/mol. The predicted molar refractivity (Wildman–Crippen MR) is 84.4 cm³/mol. The minimum Gasteiger partial charge on any atom is -0.457 e. The van der Waals surface area contributed by atoms with Crippen molar-refractivity contribution in [1.82, 2.24) is 0 Å². The minimum atomic E-state index is -0.403. The predicted octanol–water partition coefficient (Wildman–Crippen LogP) is 3.44. The van der Waals surface area contributed by atoms with Crippen molar-refractivity contribution in [3.63, 3.8) is 0 Å². The summed E-state index contributed by atoms with van der Waals surface area (Å²) in [6.07, 6.45) is 0.839. The van der Waals surface area contributed by atoms with E-state index in [1.807, 2.05) is 24.3 Å². The molecule has 0 aliphatic carbocycles. The number of nitrogens with two attached hydrogens (primary N) is 1. The van der Waals surface area contributed by atoms with Gasteiger partial charge >= 0.3 is 0 Å². The Balaban J connectivity index is 2.16. The fourth-order valence-corrected chi connectivity index (χ4v) is 2.01. The molecule has 110 valence electrons. The van der Waals surface area contributed by atoms with Crippen LogP contribution in [0.5, 0.6) is 11.5 Å². The second-order valence-corrected chi connectivity index (χ2v) is 4.93. The fourth-order valence-electron chi connectivity index (χ4n) is 1.85. The molecule has 0 aliphatic rings. The molecule has 0 saturated carbocycles. The Bertz CT molecular complexity index is 629. The summed E-state index contributed by atoms with van der Waals surface area (Å²) in [7, 11) is 1.67. The molecule has 2 rings (SSSR count). The molecule has 2 aromatic carbocycles. The van der Waals surface area contributed by atoms with E-state index in [9.17, 15) is 4.39 Å². The van der Waals surface area contributed by atoms with Crippen LogP contribution in [-0.2, 0) is 11.2 Å². The minimum absolute atomic E-state index is 0.0983. The summed E-state index contributed by atoms with van der Waals surface area (Å²) in [5.74, 6) is 0.675. The zero-order valence-electron chi connectivity index (χ0n) is 11.6. The number of thiocarbonyl (C=S) groups is 1. The van der Waals surface area contributed by atoms with Crippen LogP contribution in [0.25, 0.3) is 0 Å². The topological polar surface area (TPSA) is 44.5 Å². The largest absolute Gasteiger partial charge is 0.457 e. The van der Waals surface area contributed by atoms with Crippen LogP contribution in [0, 0.1) is 5.82 Å². The Morgan fingerprint density at radius 2 is 1.90 bits per heavy atom. The van der Waals surface area contributed by atoms with Gasteiger partial charge in [-0.3, -0.25) is 0 Å². The van der Waals surface area contributed by atoms with Gasteiger partial charge in [0.2, 0.25) is 0 Å². The van der Waals surface area contributed by atoms with Gasteiger partial charge in [0, 0.05) is 7.11 Å². The van der Waals surface area contributed by atoms with Crippen LogP contribution in [0.15, 0.2) is 42.5 Å². The summed E-state index contributed by atoms with van der Waals surface area (Å²) in [6.45, 7) is 0.670. The first kappa shape index (κ1) is 15.4. The molecule has 21 heavy (non-hydrogen) atoms. The zero-order valence-corrected chi connectivity index (χ0v) is 12.5. The van der Waals surface area contributed by atoms with Crippen LogP contribution in [-0.4, -0.2) is 18.7 Å². The average molecular weight is 305 g/mol. The molecule has 0 fully saturated rings. The van der Waals surface area contributed by atoms with E-state index in [2.05, 4.69) is 0 Å². The molecule has 0 bridgehead atoms. The second-order valence-electron chi connectivity index (χ2n) is 4.49. The van der Waals surface area contributed by atoms with E-state index in [1.165, 1.54) is 18.2 Å².